The van der Waals surface area contributed by atoms with Crippen molar-refractivity contribution in [1.29, 1.82) is 0 Å². The van der Waals surface area contributed by atoms with E-state index >= 15 is 0 Å². The Morgan fingerprint density at radius 1 is 1.26 bits per heavy atom. The van der Waals surface area contributed by atoms with E-state index in [0.29, 0.717) is 11.3 Å². The van der Waals surface area contributed by atoms with Crippen molar-refractivity contribution >= 4 is 5.97 Å². The topological polar surface area (TPSA) is 66.8 Å². The van der Waals surface area contributed by atoms with Crippen LogP contribution in [0.2, 0.25) is 0 Å². The van der Waals surface area contributed by atoms with E-state index in [9.17, 15) is 15.0 Å². The molecule has 1 saturated carbocycles. The highest BCUT2D eigenvalue weighted by atomic mass is 16.5. The van der Waals surface area contributed by atoms with Crippen molar-refractivity contribution in [2.24, 2.45) is 5.41 Å². The average molecular weight is 262 g/mol. The number of rotatable bonds is 1. The fourth-order valence-electron chi connectivity index (χ4n) is 3.57. The molecule has 0 aromatic heterocycles. The largest absolute Gasteiger partial charge is 0.508 e. The molecule has 102 valence electrons. The summed E-state index contributed by atoms with van der Waals surface area (Å²) in [6.07, 6.45) is 2.69. The quantitative estimate of drug-likeness (QED) is 0.601. The van der Waals surface area contributed by atoms with Crippen molar-refractivity contribution in [3.05, 3.63) is 23.3 Å². The average Bonchev–Trinajstić information content (AvgIpc) is 2.69. The van der Waals surface area contributed by atoms with Crippen LogP contribution >= 0.6 is 0 Å². The van der Waals surface area contributed by atoms with E-state index in [1.54, 1.807) is 12.1 Å². The van der Waals surface area contributed by atoms with Gasteiger partial charge in [-0.25, -0.2) is 0 Å². The van der Waals surface area contributed by atoms with Crippen molar-refractivity contribution in [1.82, 2.24) is 0 Å². The van der Waals surface area contributed by atoms with Gasteiger partial charge in [0, 0.05) is 16.5 Å². The molecule has 2 N–H and O–H groups in total. The Balaban J connectivity index is 2.24. The van der Waals surface area contributed by atoms with E-state index in [1.165, 1.54) is 0 Å². The van der Waals surface area contributed by atoms with Crippen molar-refractivity contribution in [3.8, 4) is 11.5 Å². The van der Waals surface area contributed by atoms with Gasteiger partial charge in [-0.3, -0.25) is 4.79 Å². The van der Waals surface area contributed by atoms with Crippen LogP contribution in [0.5, 0.6) is 11.5 Å². The monoisotopic (exact) mass is 262 g/mol. The molecule has 1 heterocycles. The van der Waals surface area contributed by atoms with Crippen LogP contribution in [0, 0.1) is 5.41 Å². The van der Waals surface area contributed by atoms with Crippen molar-refractivity contribution in [2.75, 3.05) is 0 Å². The number of hydrogen-bond donors (Lipinski definition) is 2. The maximum absolute atomic E-state index is 12.3. The zero-order valence-corrected chi connectivity index (χ0v) is 11.2. The summed E-state index contributed by atoms with van der Waals surface area (Å²) in [4.78, 5) is 12.3. The van der Waals surface area contributed by atoms with Gasteiger partial charge in [0.25, 0.3) is 0 Å². The molecule has 1 aliphatic carbocycles. The molecule has 2 atom stereocenters. The Morgan fingerprint density at radius 3 is 2.63 bits per heavy atom. The second-order valence-electron chi connectivity index (χ2n) is 6.04. The van der Waals surface area contributed by atoms with Crippen LogP contribution in [0.1, 0.15) is 44.2 Å². The fraction of sp³-hybridized carbons (Fsp3) is 0.533. The van der Waals surface area contributed by atoms with Crippen molar-refractivity contribution < 1.29 is 19.7 Å². The first-order valence-electron chi connectivity index (χ1n) is 6.62. The number of aromatic hydroxyl groups is 1. The minimum Gasteiger partial charge on any atom is -0.508 e. The SMILES string of the molecule is C[C@]12CCC[C@]1(C)c1cc(O)c(CO)cc1OC2=O. The molecule has 0 unspecified atom stereocenters. The molecule has 1 aliphatic heterocycles. The van der Waals surface area contributed by atoms with Crippen molar-refractivity contribution in [2.45, 2.75) is 45.1 Å². The van der Waals surface area contributed by atoms with Crippen LogP contribution in [-0.2, 0) is 16.8 Å². The highest BCUT2D eigenvalue weighted by Crippen LogP contribution is 2.59. The van der Waals surface area contributed by atoms with E-state index in [2.05, 4.69) is 6.92 Å². The third-order valence-electron chi connectivity index (χ3n) is 5.17. The number of phenols is 1. The molecule has 19 heavy (non-hydrogen) atoms. The zero-order chi connectivity index (χ0) is 13.8. The molecule has 0 saturated heterocycles. The fourth-order valence-corrected chi connectivity index (χ4v) is 3.57. The highest BCUT2D eigenvalue weighted by molar-refractivity contribution is 5.85. The van der Waals surface area contributed by atoms with Crippen LogP contribution in [0.3, 0.4) is 0 Å². The lowest BCUT2D eigenvalue weighted by atomic mass is 9.62. The number of benzene rings is 1. The summed E-state index contributed by atoms with van der Waals surface area (Å²) in [5.74, 6) is 0.345. The van der Waals surface area contributed by atoms with Crippen molar-refractivity contribution in [3.63, 3.8) is 0 Å². The third-order valence-corrected chi connectivity index (χ3v) is 5.17. The summed E-state index contributed by atoms with van der Waals surface area (Å²) in [7, 11) is 0. The van der Waals surface area contributed by atoms with Gasteiger partial charge in [-0.1, -0.05) is 13.3 Å². The van der Waals surface area contributed by atoms with Crippen LogP contribution in [0.25, 0.3) is 0 Å². The van der Waals surface area contributed by atoms with Gasteiger partial charge in [0.2, 0.25) is 0 Å². The Bertz CT molecular complexity index is 566. The lowest BCUT2D eigenvalue weighted by Gasteiger charge is -2.44. The molecule has 1 aromatic rings. The summed E-state index contributed by atoms with van der Waals surface area (Å²) in [5, 5.41) is 19.1. The zero-order valence-electron chi connectivity index (χ0n) is 11.2. The predicted octanol–water partition coefficient (Wildman–Crippen LogP) is 2.25. The molecule has 3 rings (SSSR count). The molecule has 1 aromatic carbocycles. The van der Waals surface area contributed by atoms with Crippen LogP contribution < -0.4 is 4.74 Å². The summed E-state index contributed by atoms with van der Waals surface area (Å²) >= 11 is 0. The van der Waals surface area contributed by atoms with Crippen LogP contribution in [0.4, 0.5) is 0 Å². The van der Waals surface area contributed by atoms with E-state index in [0.717, 1.165) is 24.8 Å². The first kappa shape index (κ1) is 12.5. The molecule has 4 nitrogen and oxygen atoms in total. The van der Waals surface area contributed by atoms with Crippen LogP contribution in [0.15, 0.2) is 12.1 Å². The second-order valence-corrected chi connectivity index (χ2v) is 6.04. The normalized spacial score (nSPS) is 32.7. The molecule has 0 bridgehead atoms. The third kappa shape index (κ3) is 1.40. The number of hydrogen-bond acceptors (Lipinski definition) is 4. The molecule has 0 radical (unpaired) electrons. The molecular formula is C15H18O4. The molecule has 4 heteroatoms. The lowest BCUT2D eigenvalue weighted by molar-refractivity contribution is -0.150. The maximum Gasteiger partial charge on any atom is 0.318 e. The Labute approximate surface area is 112 Å². The Morgan fingerprint density at radius 2 is 1.95 bits per heavy atom. The molecule has 2 aliphatic rings. The standard InChI is InChI=1S/C15H18O4/c1-14-4-3-5-15(14,2)13(18)19-12-6-9(8-16)11(17)7-10(12)14/h6-7,16-17H,3-5,8H2,1-2H3/t14-,15-/m1/s1. The van der Waals surface area contributed by atoms with E-state index in [1.807, 2.05) is 6.92 Å². The second kappa shape index (κ2) is 3.73. The van der Waals surface area contributed by atoms with Gasteiger partial charge in [0.1, 0.15) is 11.5 Å². The van der Waals surface area contributed by atoms with Gasteiger partial charge < -0.3 is 14.9 Å². The summed E-state index contributed by atoms with van der Waals surface area (Å²) in [6, 6.07) is 3.22. The number of aliphatic hydroxyl groups is 1. The van der Waals surface area contributed by atoms with Gasteiger partial charge in [0.15, 0.2) is 0 Å². The number of fused-ring (bicyclic) bond motifs is 3. The van der Waals surface area contributed by atoms with Gasteiger partial charge in [0.05, 0.1) is 12.0 Å². The number of aliphatic hydroxyl groups excluding tert-OH is 1. The number of esters is 1. The summed E-state index contributed by atoms with van der Waals surface area (Å²) in [6.45, 7) is 3.74. The first-order valence-corrected chi connectivity index (χ1v) is 6.62. The van der Waals surface area contributed by atoms with Crippen LogP contribution in [-0.4, -0.2) is 16.2 Å². The van der Waals surface area contributed by atoms with Gasteiger partial charge in [-0.15, -0.1) is 0 Å². The molecular weight excluding hydrogens is 244 g/mol. The number of ether oxygens (including phenoxy) is 1. The molecule has 0 amide bonds. The number of carbonyl (C=O) groups is 1. The summed E-state index contributed by atoms with van der Waals surface area (Å²) < 4.78 is 5.45. The smallest absolute Gasteiger partial charge is 0.318 e. The van der Waals surface area contributed by atoms with E-state index < -0.39 is 5.41 Å². The van der Waals surface area contributed by atoms with E-state index in [-0.39, 0.29) is 23.7 Å². The van der Waals surface area contributed by atoms with Gasteiger partial charge >= 0.3 is 5.97 Å². The molecule has 1 fully saturated rings. The maximum atomic E-state index is 12.3. The molecule has 0 spiro atoms. The Hall–Kier alpha value is -1.55. The minimum absolute atomic E-state index is 0.0645. The van der Waals surface area contributed by atoms with Gasteiger partial charge in [-0.2, -0.15) is 0 Å². The predicted molar refractivity (Wildman–Crippen MR) is 69.0 cm³/mol. The first-order chi connectivity index (χ1) is 8.92. The van der Waals surface area contributed by atoms with E-state index in [4.69, 9.17) is 4.74 Å². The lowest BCUT2D eigenvalue weighted by Crippen LogP contribution is -2.48. The minimum atomic E-state index is -0.521. The Kier molecular flexibility index (Phi) is 2.45. The summed E-state index contributed by atoms with van der Waals surface area (Å²) in [5.41, 5.74) is 0.439. The number of carbonyl (C=O) groups excluding carboxylic acids is 1. The van der Waals surface area contributed by atoms with Gasteiger partial charge in [-0.05, 0) is 31.9 Å². The highest BCUT2D eigenvalue weighted by Gasteiger charge is 2.59.